The van der Waals surface area contributed by atoms with Crippen LogP contribution in [0.1, 0.15) is 104 Å². The maximum atomic E-state index is 6.52. The minimum absolute atomic E-state index is 0.0861. The van der Waals surface area contributed by atoms with Gasteiger partial charge in [-0.15, -0.1) is 0 Å². The molecule has 6 aromatic rings. The van der Waals surface area contributed by atoms with Crippen LogP contribution in [0, 0.1) is 6.92 Å². The second-order valence-electron chi connectivity index (χ2n) is 19.2. The molecule has 0 saturated heterocycles. The molecule has 4 aliphatic carbocycles. The predicted octanol–water partition coefficient (Wildman–Crippen LogP) is 12.5. The smallest absolute Gasteiger partial charge is 0.198 e. The average Bonchev–Trinajstić information content (AvgIpc) is 3.88. The minimum Gasteiger partial charge on any atom is -0.440 e. The maximum absolute atomic E-state index is 6.52. The first-order valence-corrected chi connectivity index (χ1v) is 21.0. The Hall–Kier alpha value is -5.48. The van der Waals surface area contributed by atoms with Gasteiger partial charge < -0.3 is 14.6 Å². The van der Waals surface area contributed by atoms with Crippen molar-refractivity contribution in [2.24, 2.45) is 0 Å². The van der Waals surface area contributed by atoms with Gasteiger partial charge >= 0.3 is 0 Å². The normalized spacial score (nSPS) is 25.0. The third kappa shape index (κ3) is 4.50. The van der Waals surface area contributed by atoms with Crippen molar-refractivity contribution in [1.29, 1.82) is 0 Å². The summed E-state index contributed by atoms with van der Waals surface area (Å²) in [7, 11) is 2.64. The Morgan fingerprint density at radius 2 is 1.56 bits per heavy atom. The number of furan rings is 1. The van der Waals surface area contributed by atoms with Crippen LogP contribution in [0.3, 0.4) is 0 Å². The topological polar surface area (TPSA) is 28.4 Å². The lowest BCUT2D eigenvalue weighted by Crippen LogP contribution is -2.49. The van der Waals surface area contributed by atoms with E-state index in [0.717, 1.165) is 17.9 Å². The van der Waals surface area contributed by atoms with Crippen molar-refractivity contribution in [2.45, 2.75) is 94.8 Å². The average molecular weight is 740 g/mol. The van der Waals surface area contributed by atoms with Crippen molar-refractivity contribution in [3.63, 3.8) is 0 Å². The minimum atomic E-state index is -0.368. The molecule has 0 saturated carbocycles. The summed E-state index contributed by atoms with van der Waals surface area (Å²) >= 11 is 0. The molecule has 4 unspecified atom stereocenters. The standard InChI is InChI=1S/C53H48BN2O/c1-30-26-40-41(52(4,5)25-24-51(40,2)3)29-43(30)56-45-28-32-15-8-10-17-34(32)47(38-20-13-19-37-46-36-18-11-12-21-44(36)57-50(46)55-48(37)38)53(45,6)54-42-23-22-35-33-16-9-7-14-31(33)27-39(35)49(42)56/h7-23,26,28-29,37,47-48,55H,24-25,27H2,1-6H3. The zero-order valence-electron chi connectivity index (χ0n) is 33.8. The van der Waals surface area contributed by atoms with Gasteiger partial charge in [0.05, 0.1) is 6.04 Å². The SMILES string of the molecule is Cc1cc2c(cc1N1C3=Cc4ccccc4C(C4=CC=CC5c6c(oc7ccccc67)NC45)C3(C)[B]c3ccc4c(c31)Cc1ccccc1-4)C(C)(C)CCC2(C)C. The zero-order valence-corrected chi connectivity index (χ0v) is 33.8. The second kappa shape index (κ2) is 11.3. The molecule has 3 nitrogen and oxygen atoms in total. The van der Waals surface area contributed by atoms with Crippen LogP contribution in [-0.2, 0) is 17.3 Å². The molecule has 1 radical (unpaired) electrons. The molecule has 3 heterocycles. The third-order valence-corrected chi connectivity index (χ3v) is 15.0. The number of fused-ring (bicyclic) bond motifs is 13. The highest BCUT2D eigenvalue weighted by Gasteiger charge is 2.54. The number of nitrogens with zero attached hydrogens (tertiary/aromatic N) is 1. The summed E-state index contributed by atoms with van der Waals surface area (Å²) in [6.07, 6.45) is 13.0. The molecule has 12 rings (SSSR count). The van der Waals surface area contributed by atoms with E-state index in [4.69, 9.17) is 4.42 Å². The molecule has 0 amide bonds. The van der Waals surface area contributed by atoms with Crippen molar-refractivity contribution in [1.82, 2.24) is 0 Å². The summed E-state index contributed by atoms with van der Waals surface area (Å²) in [5.74, 6) is 1.19. The second-order valence-corrected chi connectivity index (χ2v) is 19.2. The van der Waals surface area contributed by atoms with Gasteiger partial charge in [-0.3, -0.25) is 0 Å². The van der Waals surface area contributed by atoms with Crippen LogP contribution in [0.5, 0.6) is 0 Å². The number of aryl methyl sites for hydroxylation is 1. The number of nitrogens with one attached hydrogen (secondary N) is 1. The third-order valence-electron chi connectivity index (χ3n) is 15.0. The Bertz CT molecular complexity index is 2850. The van der Waals surface area contributed by atoms with Crippen LogP contribution in [0.2, 0.25) is 5.31 Å². The number of rotatable bonds is 2. The van der Waals surface area contributed by atoms with Gasteiger partial charge in [0.1, 0.15) is 5.58 Å². The van der Waals surface area contributed by atoms with E-state index in [1.807, 2.05) is 0 Å². The Balaban J connectivity index is 1.10. The summed E-state index contributed by atoms with van der Waals surface area (Å²) in [5.41, 5.74) is 21.9. The predicted molar refractivity (Wildman–Crippen MR) is 238 cm³/mol. The molecule has 5 aromatic carbocycles. The van der Waals surface area contributed by atoms with Crippen LogP contribution in [0.25, 0.3) is 28.2 Å². The van der Waals surface area contributed by atoms with Gasteiger partial charge in [0.25, 0.3) is 0 Å². The molecule has 279 valence electrons. The number of allylic oxidation sites excluding steroid dienone is 3. The van der Waals surface area contributed by atoms with Crippen molar-refractivity contribution in [3.8, 4) is 11.1 Å². The zero-order chi connectivity index (χ0) is 38.6. The molecule has 0 bridgehead atoms. The Labute approximate surface area is 337 Å². The molecule has 1 N–H and O–H groups in total. The van der Waals surface area contributed by atoms with Crippen LogP contribution >= 0.6 is 0 Å². The van der Waals surface area contributed by atoms with Crippen LogP contribution in [-0.4, -0.2) is 13.3 Å². The molecular formula is C53H48BN2O. The summed E-state index contributed by atoms with van der Waals surface area (Å²) in [4.78, 5) is 2.74. The van der Waals surface area contributed by atoms with Gasteiger partial charge in [0.15, 0.2) is 13.2 Å². The van der Waals surface area contributed by atoms with Crippen molar-refractivity contribution < 1.29 is 4.42 Å². The fourth-order valence-electron chi connectivity index (χ4n) is 12.0. The molecule has 2 aliphatic heterocycles. The van der Waals surface area contributed by atoms with Crippen molar-refractivity contribution in [2.75, 3.05) is 10.2 Å². The largest absolute Gasteiger partial charge is 0.440 e. The van der Waals surface area contributed by atoms with Gasteiger partial charge in [-0.25, -0.2) is 0 Å². The molecule has 4 heteroatoms. The number of para-hydroxylation sites is 1. The van der Waals surface area contributed by atoms with E-state index < -0.39 is 0 Å². The molecule has 6 aliphatic rings. The van der Waals surface area contributed by atoms with E-state index in [2.05, 4.69) is 180 Å². The number of hydrogen-bond acceptors (Lipinski definition) is 3. The van der Waals surface area contributed by atoms with Gasteiger partial charge in [0.2, 0.25) is 0 Å². The highest BCUT2D eigenvalue weighted by atomic mass is 16.4. The summed E-state index contributed by atoms with van der Waals surface area (Å²) in [6, 6.07) is 36.8. The fourth-order valence-corrected chi connectivity index (χ4v) is 12.0. The van der Waals surface area contributed by atoms with Crippen LogP contribution in [0.4, 0.5) is 17.3 Å². The van der Waals surface area contributed by atoms with E-state index in [1.54, 1.807) is 0 Å². The quantitative estimate of drug-likeness (QED) is 0.179. The molecule has 0 spiro atoms. The highest BCUT2D eigenvalue weighted by molar-refractivity contribution is 6.62. The Morgan fingerprint density at radius 1 is 0.807 bits per heavy atom. The monoisotopic (exact) mass is 739 g/mol. The number of benzene rings is 5. The van der Waals surface area contributed by atoms with E-state index in [0.29, 0.717) is 0 Å². The van der Waals surface area contributed by atoms with Crippen LogP contribution < -0.4 is 15.7 Å². The van der Waals surface area contributed by atoms with Crippen molar-refractivity contribution >= 4 is 47.0 Å². The van der Waals surface area contributed by atoms with Gasteiger partial charge in [-0.1, -0.05) is 143 Å². The van der Waals surface area contributed by atoms with Gasteiger partial charge in [-0.2, -0.15) is 0 Å². The van der Waals surface area contributed by atoms with E-state index in [1.165, 1.54) is 102 Å². The van der Waals surface area contributed by atoms with Crippen molar-refractivity contribution in [3.05, 3.63) is 171 Å². The lowest BCUT2D eigenvalue weighted by Gasteiger charge is -2.54. The highest BCUT2D eigenvalue weighted by Crippen LogP contribution is 2.64. The first-order valence-electron chi connectivity index (χ1n) is 21.0. The lowest BCUT2D eigenvalue weighted by atomic mass is 9.38. The van der Waals surface area contributed by atoms with E-state index >= 15 is 0 Å². The Kier molecular flexibility index (Phi) is 6.70. The molecule has 1 aromatic heterocycles. The number of hydrogen-bond donors (Lipinski definition) is 1. The van der Waals surface area contributed by atoms with Gasteiger partial charge in [-0.05, 0) is 110 Å². The summed E-state index contributed by atoms with van der Waals surface area (Å²) in [6.45, 7) is 14.7. The summed E-state index contributed by atoms with van der Waals surface area (Å²) < 4.78 is 6.52. The Morgan fingerprint density at radius 3 is 2.42 bits per heavy atom. The molecule has 4 atom stereocenters. The molecular weight excluding hydrogens is 691 g/mol. The molecule has 57 heavy (non-hydrogen) atoms. The molecule has 0 fully saturated rings. The van der Waals surface area contributed by atoms with E-state index in [-0.39, 0.29) is 34.0 Å². The van der Waals surface area contributed by atoms with Gasteiger partial charge in [0, 0.05) is 46.3 Å². The lowest BCUT2D eigenvalue weighted by molar-refractivity contribution is 0.332. The van der Waals surface area contributed by atoms with Crippen LogP contribution in [0.15, 0.2) is 131 Å². The first kappa shape index (κ1) is 33.6. The maximum Gasteiger partial charge on any atom is 0.198 e. The summed E-state index contributed by atoms with van der Waals surface area (Å²) in [5, 5.41) is 4.79. The number of anilines is 3. The fraction of sp³-hybridized carbons (Fsp3) is 0.283. The first-order chi connectivity index (χ1) is 27.5. The van der Waals surface area contributed by atoms with E-state index in [9.17, 15) is 0 Å².